The van der Waals surface area contributed by atoms with Crippen molar-refractivity contribution in [3.8, 4) is 16.9 Å². The van der Waals surface area contributed by atoms with Crippen LogP contribution >= 0.6 is 0 Å². The number of carbonyl (C=O) groups is 2. The fraction of sp³-hybridized carbons (Fsp3) is 0.297. The molecule has 1 saturated heterocycles. The molecule has 1 unspecified atom stereocenters. The average Bonchev–Trinajstić information content (AvgIpc) is 3.49. The number of amides is 2. The molecule has 0 spiro atoms. The molecule has 45 heavy (non-hydrogen) atoms. The third kappa shape index (κ3) is 7.28. The van der Waals surface area contributed by atoms with Crippen LogP contribution in [0.3, 0.4) is 0 Å². The van der Waals surface area contributed by atoms with E-state index in [1.165, 1.54) is 12.0 Å². The molecule has 0 aromatic heterocycles. The van der Waals surface area contributed by atoms with Gasteiger partial charge in [0.2, 0.25) is 0 Å². The highest BCUT2D eigenvalue weighted by molar-refractivity contribution is 7.90. The average molecular weight is 625 g/mol. The maximum absolute atomic E-state index is 13.8. The van der Waals surface area contributed by atoms with Crippen LogP contribution in [0.2, 0.25) is 0 Å². The van der Waals surface area contributed by atoms with E-state index >= 15 is 0 Å². The van der Waals surface area contributed by atoms with Crippen LogP contribution in [0.25, 0.3) is 11.1 Å². The summed E-state index contributed by atoms with van der Waals surface area (Å²) in [5, 5.41) is 0. The quantitative estimate of drug-likeness (QED) is 0.217. The summed E-state index contributed by atoms with van der Waals surface area (Å²) < 4.78 is 33.1. The highest BCUT2D eigenvalue weighted by Crippen LogP contribution is 2.33. The zero-order valence-electron chi connectivity index (χ0n) is 26.5. The van der Waals surface area contributed by atoms with E-state index in [2.05, 4.69) is 0 Å². The summed E-state index contributed by atoms with van der Waals surface area (Å²) in [4.78, 5) is 29.3. The number of benzene rings is 4. The minimum Gasteiger partial charge on any atom is -0.495 e. The van der Waals surface area contributed by atoms with Gasteiger partial charge < -0.3 is 14.5 Å². The van der Waals surface area contributed by atoms with Gasteiger partial charge in [-0.2, -0.15) is 0 Å². The molecule has 1 atom stereocenters. The van der Waals surface area contributed by atoms with Gasteiger partial charge in [0, 0.05) is 38.3 Å². The van der Waals surface area contributed by atoms with Crippen LogP contribution in [0.1, 0.15) is 49.4 Å². The molecule has 0 bridgehead atoms. The Bertz CT molecular complexity index is 1850. The number of hydrogen-bond donors (Lipinski definition) is 0. The van der Waals surface area contributed by atoms with Gasteiger partial charge in [-0.05, 0) is 90.8 Å². The predicted octanol–water partition coefficient (Wildman–Crippen LogP) is 6.36. The first-order chi connectivity index (χ1) is 21.4. The Morgan fingerprint density at radius 3 is 2.38 bits per heavy atom. The summed E-state index contributed by atoms with van der Waals surface area (Å²) in [6.07, 6.45) is 1.68. The van der Waals surface area contributed by atoms with Crippen molar-refractivity contribution in [2.45, 2.75) is 37.3 Å². The van der Waals surface area contributed by atoms with Crippen molar-refractivity contribution in [1.29, 1.82) is 0 Å². The lowest BCUT2D eigenvalue weighted by Gasteiger charge is -2.18. The third-order valence-corrected chi connectivity index (χ3v) is 10.1. The number of aryl methyl sites for hydroxylation is 2. The molecule has 1 aliphatic rings. The monoisotopic (exact) mass is 624 g/mol. The van der Waals surface area contributed by atoms with Gasteiger partial charge in [-0.15, -0.1) is 0 Å². The molecule has 2 amide bonds. The van der Waals surface area contributed by atoms with E-state index in [1.54, 1.807) is 50.5 Å². The van der Waals surface area contributed by atoms with Crippen LogP contribution in [-0.2, 0) is 22.0 Å². The second kappa shape index (κ2) is 13.3. The number of likely N-dealkylation sites (tertiary alicyclic amines) is 1. The van der Waals surface area contributed by atoms with Crippen molar-refractivity contribution in [3.63, 3.8) is 0 Å². The molecule has 1 fully saturated rings. The largest absolute Gasteiger partial charge is 0.495 e. The van der Waals surface area contributed by atoms with Crippen molar-refractivity contribution < 1.29 is 22.7 Å². The first-order valence-electron chi connectivity index (χ1n) is 15.1. The smallest absolute Gasteiger partial charge is 0.254 e. The normalized spacial score (nSPS) is 14.8. The van der Waals surface area contributed by atoms with E-state index in [-0.39, 0.29) is 28.2 Å². The second-order valence-corrected chi connectivity index (χ2v) is 14.1. The number of rotatable bonds is 9. The standard InChI is InChI=1S/C37H40N2O5S/c1-25-12-13-26(2)33(18-25)37(41)39-17-16-28(23-39)19-27-8-6-9-29(20-27)24-45(42,43)35-22-31(14-15-34(35)44-5)30-10-7-11-32(21-30)36(40)38(3)4/h6-15,18,20-22,28H,16-17,19,23-24H2,1-5H3. The van der Waals surface area contributed by atoms with Gasteiger partial charge in [0.15, 0.2) is 9.84 Å². The number of ether oxygens (including phenoxy) is 1. The van der Waals surface area contributed by atoms with Gasteiger partial charge in [0.05, 0.1) is 12.9 Å². The van der Waals surface area contributed by atoms with E-state index in [0.29, 0.717) is 35.7 Å². The molecule has 0 radical (unpaired) electrons. The first-order valence-corrected chi connectivity index (χ1v) is 16.8. The van der Waals surface area contributed by atoms with Crippen LogP contribution in [0.5, 0.6) is 5.75 Å². The van der Waals surface area contributed by atoms with E-state index in [0.717, 1.165) is 40.7 Å². The maximum atomic E-state index is 13.8. The van der Waals surface area contributed by atoms with Crippen molar-refractivity contribution in [1.82, 2.24) is 9.80 Å². The van der Waals surface area contributed by atoms with Gasteiger partial charge in [0.1, 0.15) is 10.6 Å². The Labute approximate surface area is 266 Å². The fourth-order valence-corrected chi connectivity index (χ4v) is 7.52. The van der Waals surface area contributed by atoms with Crippen LogP contribution < -0.4 is 4.74 Å². The second-order valence-electron chi connectivity index (χ2n) is 12.2. The third-order valence-electron chi connectivity index (χ3n) is 8.42. The Hall–Kier alpha value is -4.43. The lowest BCUT2D eigenvalue weighted by molar-refractivity contribution is 0.0785. The van der Waals surface area contributed by atoms with Gasteiger partial charge in [-0.25, -0.2) is 8.42 Å². The summed E-state index contributed by atoms with van der Waals surface area (Å²) in [7, 11) is 1.06. The molecular formula is C37H40N2O5S. The summed E-state index contributed by atoms with van der Waals surface area (Å²) in [5.41, 5.74) is 6.51. The summed E-state index contributed by atoms with van der Waals surface area (Å²) in [6, 6.07) is 25.9. The van der Waals surface area contributed by atoms with Gasteiger partial charge >= 0.3 is 0 Å². The summed E-state index contributed by atoms with van der Waals surface area (Å²) in [6.45, 7) is 5.36. The molecule has 0 N–H and O–H groups in total. The number of carbonyl (C=O) groups excluding carboxylic acids is 2. The van der Waals surface area contributed by atoms with Crippen molar-refractivity contribution in [2.75, 3.05) is 34.3 Å². The highest BCUT2D eigenvalue weighted by Gasteiger charge is 2.28. The lowest BCUT2D eigenvalue weighted by atomic mass is 9.97. The SMILES string of the molecule is COc1ccc(-c2cccc(C(=O)N(C)C)c2)cc1S(=O)(=O)Cc1cccc(CC2CCN(C(=O)c3cc(C)ccc3C)C2)c1. The molecule has 1 heterocycles. The first kappa shape index (κ1) is 32.0. The molecule has 8 heteroatoms. The Morgan fingerprint density at radius 1 is 0.889 bits per heavy atom. The maximum Gasteiger partial charge on any atom is 0.254 e. The number of methoxy groups -OCH3 is 1. The Kier molecular flexibility index (Phi) is 9.44. The molecule has 0 aliphatic carbocycles. The molecule has 4 aromatic carbocycles. The molecule has 5 rings (SSSR count). The number of nitrogens with zero attached hydrogens (tertiary/aromatic N) is 2. The van der Waals surface area contributed by atoms with E-state index in [9.17, 15) is 18.0 Å². The highest BCUT2D eigenvalue weighted by atomic mass is 32.2. The van der Waals surface area contributed by atoms with Gasteiger partial charge in [-0.1, -0.05) is 60.2 Å². The van der Waals surface area contributed by atoms with Crippen molar-refractivity contribution in [2.24, 2.45) is 5.92 Å². The number of sulfone groups is 1. The van der Waals surface area contributed by atoms with E-state index < -0.39 is 9.84 Å². The Morgan fingerprint density at radius 2 is 1.62 bits per heavy atom. The Balaban J connectivity index is 1.32. The van der Waals surface area contributed by atoms with Crippen LogP contribution in [-0.4, -0.2) is 64.3 Å². The lowest BCUT2D eigenvalue weighted by Crippen LogP contribution is -2.29. The topological polar surface area (TPSA) is 84.0 Å². The van der Waals surface area contributed by atoms with E-state index in [1.807, 2.05) is 67.3 Å². The van der Waals surface area contributed by atoms with Crippen molar-refractivity contribution in [3.05, 3.63) is 118 Å². The molecule has 4 aromatic rings. The molecule has 0 saturated carbocycles. The van der Waals surface area contributed by atoms with Crippen molar-refractivity contribution >= 4 is 21.7 Å². The molecule has 7 nitrogen and oxygen atoms in total. The zero-order valence-corrected chi connectivity index (χ0v) is 27.4. The van der Waals surface area contributed by atoms with Crippen LogP contribution in [0.4, 0.5) is 0 Å². The predicted molar refractivity (Wildman–Crippen MR) is 177 cm³/mol. The zero-order chi connectivity index (χ0) is 32.3. The number of hydrogen-bond acceptors (Lipinski definition) is 5. The molecule has 234 valence electrons. The minimum absolute atomic E-state index is 0.0748. The van der Waals surface area contributed by atoms with Gasteiger partial charge in [-0.3, -0.25) is 9.59 Å². The minimum atomic E-state index is -3.78. The van der Waals surface area contributed by atoms with Crippen LogP contribution in [0, 0.1) is 19.8 Å². The van der Waals surface area contributed by atoms with Gasteiger partial charge in [0.25, 0.3) is 11.8 Å². The fourth-order valence-electron chi connectivity index (χ4n) is 5.99. The van der Waals surface area contributed by atoms with E-state index in [4.69, 9.17) is 4.74 Å². The molecule has 1 aliphatic heterocycles. The van der Waals surface area contributed by atoms with Crippen LogP contribution in [0.15, 0.2) is 89.8 Å². The summed E-state index contributed by atoms with van der Waals surface area (Å²) in [5.74, 6) is 0.344. The molecular weight excluding hydrogens is 584 g/mol. The summed E-state index contributed by atoms with van der Waals surface area (Å²) >= 11 is 0.